The molecule has 0 N–H and O–H groups in total. The van der Waals surface area contributed by atoms with Gasteiger partial charge in [-0.2, -0.15) is 13.2 Å². The third-order valence-corrected chi connectivity index (χ3v) is 5.53. The molecule has 0 aromatic heterocycles. The van der Waals surface area contributed by atoms with Crippen LogP contribution in [0.25, 0.3) is 0 Å². The van der Waals surface area contributed by atoms with Crippen LogP contribution in [0.15, 0.2) is 66.7 Å². The van der Waals surface area contributed by atoms with Crippen LogP contribution in [0.2, 0.25) is 0 Å². The van der Waals surface area contributed by atoms with Crippen LogP contribution in [0.1, 0.15) is 28.3 Å². The Morgan fingerprint density at radius 2 is 1.50 bits per heavy atom. The van der Waals surface area contributed by atoms with E-state index in [-0.39, 0.29) is 5.91 Å². The van der Waals surface area contributed by atoms with Crippen LogP contribution in [-0.4, -0.2) is 13.0 Å². The van der Waals surface area contributed by atoms with Crippen molar-refractivity contribution in [2.24, 2.45) is 0 Å². The highest BCUT2D eigenvalue weighted by Gasteiger charge is 2.39. The number of nitrogens with zero attached hydrogens (tertiary/aromatic N) is 2. The fourth-order valence-corrected chi connectivity index (χ4v) is 3.93. The summed E-state index contributed by atoms with van der Waals surface area (Å²) >= 11 is 0. The largest absolute Gasteiger partial charge is 0.416 e. The lowest BCUT2D eigenvalue weighted by molar-refractivity contribution is -0.137. The second kappa shape index (κ2) is 7.20. The number of alkyl halides is 3. The smallest absolute Gasteiger partial charge is 0.323 e. The molecule has 0 fully saturated rings. The Labute approximate surface area is 173 Å². The first kappa shape index (κ1) is 20.0. The van der Waals surface area contributed by atoms with E-state index >= 15 is 0 Å². The van der Waals surface area contributed by atoms with Crippen molar-refractivity contribution >= 4 is 23.0 Å². The highest BCUT2D eigenvalue weighted by Crippen LogP contribution is 2.46. The molecule has 1 aliphatic heterocycles. The van der Waals surface area contributed by atoms with Gasteiger partial charge in [0.05, 0.1) is 16.9 Å². The summed E-state index contributed by atoms with van der Waals surface area (Å²) in [7, 11) is 1.73. The topological polar surface area (TPSA) is 23.6 Å². The maximum Gasteiger partial charge on any atom is 0.416 e. The minimum absolute atomic E-state index is 0.137. The van der Waals surface area contributed by atoms with Gasteiger partial charge in [-0.3, -0.25) is 4.79 Å². The van der Waals surface area contributed by atoms with Crippen molar-refractivity contribution in [1.82, 2.24) is 0 Å². The number of carbonyl (C=O) groups excluding carboxylic acids is 1. The lowest BCUT2D eigenvalue weighted by atomic mass is 9.93. The van der Waals surface area contributed by atoms with Crippen molar-refractivity contribution in [3.05, 3.63) is 89.0 Å². The fraction of sp³-hybridized carbons (Fsp3) is 0.208. The zero-order chi connectivity index (χ0) is 21.6. The predicted molar refractivity (Wildman–Crippen MR) is 112 cm³/mol. The second-order valence-electron chi connectivity index (χ2n) is 7.56. The van der Waals surface area contributed by atoms with E-state index in [0.29, 0.717) is 11.4 Å². The van der Waals surface area contributed by atoms with Gasteiger partial charge in [-0.15, -0.1) is 0 Å². The lowest BCUT2D eigenvalue weighted by Crippen LogP contribution is -2.44. The normalized spacial score (nSPS) is 16.6. The molecule has 1 amide bonds. The standard InChI is InChI=1S/C24H21F3N2O/c1-15-8-9-16(2)19(14-15)22-23(30)28(3)20-6-4-5-7-21(20)29(22)18-12-10-17(11-13-18)24(25,26)27/h4-14,22H,1-3H3. The molecule has 6 heteroatoms. The van der Waals surface area contributed by atoms with Crippen LogP contribution in [0.5, 0.6) is 0 Å². The first-order valence-electron chi connectivity index (χ1n) is 9.59. The van der Waals surface area contributed by atoms with Gasteiger partial charge >= 0.3 is 6.18 Å². The Bertz CT molecular complexity index is 1110. The molecule has 0 spiro atoms. The molecule has 1 unspecified atom stereocenters. The van der Waals surface area contributed by atoms with E-state index in [2.05, 4.69) is 0 Å². The number of hydrogen-bond acceptors (Lipinski definition) is 2. The number of carbonyl (C=O) groups is 1. The van der Waals surface area contributed by atoms with Crippen LogP contribution in [0.4, 0.5) is 30.2 Å². The Morgan fingerprint density at radius 3 is 2.13 bits per heavy atom. The van der Waals surface area contributed by atoms with Gasteiger partial charge in [0.15, 0.2) is 0 Å². The van der Waals surface area contributed by atoms with Gasteiger partial charge < -0.3 is 9.80 Å². The van der Waals surface area contributed by atoms with Crippen molar-refractivity contribution in [2.75, 3.05) is 16.8 Å². The maximum absolute atomic E-state index is 13.5. The number of benzene rings is 3. The number of likely N-dealkylation sites (N-methyl/N-ethyl adjacent to an activating group) is 1. The zero-order valence-corrected chi connectivity index (χ0v) is 16.9. The molecular weight excluding hydrogens is 389 g/mol. The van der Waals surface area contributed by atoms with E-state index in [1.807, 2.05) is 61.2 Å². The Morgan fingerprint density at radius 1 is 0.867 bits per heavy atom. The Hall–Kier alpha value is -3.28. The van der Waals surface area contributed by atoms with Gasteiger partial charge in [-0.25, -0.2) is 0 Å². The van der Waals surface area contributed by atoms with Crippen molar-refractivity contribution < 1.29 is 18.0 Å². The summed E-state index contributed by atoms with van der Waals surface area (Å²) in [6.07, 6.45) is -4.42. The third kappa shape index (κ3) is 3.32. The monoisotopic (exact) mass is 410 g/mol. The van der Waals surface area contributed by atoms with E-state index in [1.165, 1.54) is 12.1 Å². The molecule has 3 aromatic carbocycles. The number of rotatable bonds is 2. The highest BCUT2D eigenvalue weighted by atomic mass is 19.4. The van der Waals surface area contributed by atoms with E-state index in [9.17, 15) is 18.0 Å². The minimum Gasteiger partial charge on any atom is -0.323 e. The number of amides is 1. The fourth-order valence-electron chi connectivity index (χ4n) is 3.93. The molecule has 1 aliphatic rings. The molecule has 1 heterocycles. The van der Waals surface area contributed by atoms with Crippen LogP contribution < -0.4 is 9.80 Å². The first-order valence-corrected chi connectivity index (χ1v) is 9.59. The van der Waals surface area contributed by atoms with Crippen LogP contribution in [0, 0.1) is 13.8 Å². The molecule has 3 nitrogen and oxygen atoms in total. The van der Waals surface area contributed by atoms with Gasteiger partial charge in [-0.05, 0) is 61.4 Å². The van der Waals surface area contributed by atoms with Gasteiger partial charge in [0.25, 0.3) is 5.91 Å². The predicted octanol–water partition coefficient (Wildman–Crippen LogP) is 6.18. The molecule has 3 aromatic rings. The zero-order valence-electron chi connectivity index (χ0n) is 16.9. The van der Waals surface area contributed by atoms with Gasteiger partial charge in [0.2, 0.25) is 0 Å². The van der Waals surface area contributed by atoms with Crippen LogP contribution in [-0.2, 0) is 11.0 Å². The summed E-state index contributed by atoms with van der Waals surface area (Å²) in [5.41, 5.74) is 4.09. The molecule has 0 radical (unpaired) electrons. The average molecular weight is 410 g/mol. The quantitative estimate of drug-likeness (QED) is 0.504. The summed E-state index contributed by atoms with van der Waals surface area (Å²) < 4.78 is 39.2. The summed E-state index contributed by atoms with van der Waals surface area (Å²) in [5, 5.41) is 0. The van der Waals surface area contributed by atoms with Crippen molar-refractivity contribution in [2.45, 2.75) is 26.1 Å². The van der Waals surface area contributed by atoms with Crippen molar-refractivity contribution in [3.8, 4) is 0 Å². The highest BCUT2D eigenvalue weighted by molar-refractivity contribution is 6.07. The number of fused-ring (bicyclic) bond motifs is 1. The number of aryl methyl sites for hydroxylation is 2. The molecule has 154 valence electrons. The molecule has 0 saturated carbocycles. The lowest BCUT2D eigenvalue weighted by Gasteiger charge is -2.42. The summed E-state index contributed by atoms with van der Waals surface area (Å²) in [6, 6.07) is 17.6. The van der Waals surface area contributed by atoms with E-state index in [1.54, 1.807) is 11.9 Å². The molecular formula is C24H21F3N2O. The van der Waals surface area contributed by atoms with Gasteiger partial charge in [0.1, 0.15) is 6.04 Å². The van der Waals surface area contributed by atoms with E-state index in [0.717, 1.165) is 34.5 Å². The SMILES string of the molecule is Cc1ccc(C)c(C2C(=O)N(C)c3ccccc3N2c2ccc(C(F)(F)F)cc2)c1. The van der Waals surface area contributed by atoms with Crippen molar-refractivity contribution in [3.63, 3.8) is 0 Å². The van der Waals surface area contributed by atoms with Crippen LogP contribution in [0.3, 0.4) is 0 Å². The number of para-hydroxylation sites is 2. The van der Waals surface area contributed by atoms with Crippen LogP contribution >= 0.6 is 0 Å². The summed E-state index contributed by atoms with van der Waals surface area (Å²) in [5.74, 6) is -0.137. The summed E-state index contributed by atoms with van der Waals surface area (Å²) in [6.45, 7) is 3.89. The van der Waals surface area contributed by atoms with Crippen molar-refractivity contribution in [1.29, 1.82) is 0 Å². The van der Waals surface area contributed by atoms with E-state index < -0.39 is 17.8 Å². The molecule has 0 saturated heterocycles. The summed E-state index contributed by atoms with van der Waals surface area (Å²) in [4.78, 5) is 16.9. The third-order valence-electron chi connectivity index (χ3n) is 5.53. The Kier molecular flexibility index (Phi) is 4.80. The first-order chi connectivity index (χ1) is 14.2. The number of anilines is 3. The molecule has 0 bridgehead atoms. The minimum atomic E-state index is -4.42. The second-order valence-corrected chi connectivity index (χ2v) is 7.56. The molecule has 1 atom stereocenters. The number of hydrogen-bond donors (Lipinski definition) is 0. The van der Waals surface area contributed by atoms with E-state index in [4.69, 9.17) is 0 Å². The molecule has 30 heavy (non-hydrogen) atoms. The van der Waals surface area contributed by atoms with Gasteiger partial charge in [-0.1, -0.05) is 35.9 Å². The maximum atomic E-state index is 13.5. The Balaban J connectivity index is 1.93. The van der Waals surface area contributed by atoms with Gasteiger partial charge in [0, 0.05) is 12.7 Å². The molecule has 0 aliphatic carbocycles. The molecule has 4 rings (SSSR count). The average Bonchev–Trinajstić information content (AvgIpc) is 2.72. The number of halogens is 3.